The second kappa shape index (κ2) is 8.61. The summed E-state index contributed by atoms with van der Waals surface area (Å²) in [5.74, 6) is 0.225. The number of nitrogens with zero attached hydrogens (tertiary/aromatic N) is 5. The summed E-state index contributed by atoms with van der Waals surface area (Å²) in [4.78, 5) is 40.7. The van der Waals surface area contributed by atoms with E-state index in [1.54, 1.807) is 18.2 Å². The maximum absolute atomic E-state index is 12.5. The molecule has 0 aliphatic rings. The maximum atomic E-state index is 12.5. The number of nitrogens with one attached hydrogen (secondary N) is 1. The molecule has 0 bridgehead atoms. The van der Waals surface area contributed by atoms with Crippen molar-refractivity contribution in [2.75, 3.05) is 13.2 Å². The van der Waals surface area contributed by atoms with E-state index in [2.05, 4.69) is 20.5 Å². The molecule has 11 nitrogen and oxygen atoms in total. The van der Waals surface area contributed by atoms with Crippen LogP contribution in [0.25, 0.3) is 16.8 Å². The summed E-state index contributed by atoms with van der Waals surface area (Å²) in [6.45, 7) is 2.40. The summed E-state index contributed by atoms with van der Waals surface area (Å²) in [5.41, 5.74) is -0.975. The molecule has 31 heavy (non-hydrogen) atoms. The van der Waals surface area contributed by atoms with E-state index in [1.807, 2.05) is 6.92 Å². The number of benzene rings is 1. The topological polar surface area (TPSA) is 134 Å². The molecule has 0 unspecified atom stereocenters. The van der Waals surface area contributed by atoms with E-state index in [9.17, 15) is 14.4 Å². The standard InChI is InChI=1S/C20H18N6O5/c1-2-30-15-5-3-4-13-10-14(20(29)31-18(13)15)19(28)22-8-9-25-17(27)7-6-16(24-25)26-12-21-11-23-26/h3-7,10-12H,2,8-9H2,1H3,(H,22,28). The first-order valence-corrected chi connectivity index (χ1v) is 9.48. The lowest BCUT2D eigenvalue weighted by atomic mass is 10.1. The zero-order valence-electron chi connectivity index (χ0n) is 16.5. The third-order valence-corrected chi connectivity index (χ3v) is 4.38. The number of para-hydroxylation sites is 1. The lowest BCUT2D eigenvalue weighted by Crippen LogP contribution is -2.34. The highest BCUT2D eigenvalue weighted by atomic mass is 16.5. The number of ether oxygens (including phenoxy) is 1. The Bertz CT molecular complexity index is 1340. The Balaban J connectivity index is 1.49. The molecule has 0 aliphatic carbocycles. The Kier molecular flexibility index (Phi) is 5.56. The van der Waals surface area contributed by atoms with Gasteiger partial charge in [0.2, 0.25) is 0 Å². The van der Waals surface area contributed by atoms with Gasteiger partial charge in [-0.15, -0.1) is 5.10 Å². The first-order chi connectivity index (χ1) is 15.1. The van der Waals surface area contributed by atoms with Crippen LogP contribution in [0.4, 0.5) is 0 Å². The largest absolute Gasteiger partial charge is 0.490 e. The first-order valence-electron chi connectivity index (χ1n) is 9.48. The third-order valence-electron chi connectivity index (χ3n) is 4.38. The summed E-state index contributed by atoms with van der Waals surface area (Å²) < 4.78 is 13.4. The van der Waals surface area contributed by atoms with Gasteiger partial charge in [-0.1, -0.05) is 12.1 Å². The van der Waals surface area contributed by atoms with E-state index in [0.717, 1.165) is 0 Å². The minimum absolute atomic E-state index is 0.0724. The molecule has 3 heterocycles. The minimum Gasteiger partial charge on any atom is -0.490 e. The van der Waals surface area contributed by atoms with Crippen LogP contribution < -0.4 is 21.2 Å². The number of carbonyl (C=O) groups is 1. The highest BCUT2D eigenvalue weighted by Crippen LogP contribution is 2.24. The van der Waals surface area contributed by atoms with Gasteiger partial charge in [0.1, 0.15) is 18.2 Å². The SMILES string of the molecule is CCOc1cccc2cc(C(=O)NCCn3nc(-n4cncn4)ccc3=O)c(=O)oc12. The van der Waals surface area contributed by atoms with Crippen molar-refractivity contribution >= 4 is 16.9 Å². The van der Waals surface area contributed by atoms with E-state index >= 15 is 0 Å². The van der Waals surface area contributed by atoms with Gasteiger partial charge in [0, 0.05) is 18.0 Å². The van der Waals surface area contributed by atoms with E-state index < -0.39 is 11.5 Å². The van der Waals surface area contributed by atoms with Crippen molar-refractivity contribution < 1.29 is 13.9 Å². The molecule has 158 valence electrons. The van der Waals surface area contributed by atoms with Crippen LogP contribution in [0.15, 0.2) is 63.1 Å². The zero-order valence-corrected chi connectivity index (χ0v) is 16.5. The monoisotopic (exact) mass is 422 g/mol. The average Bonchev–Trinajstić information content (AvgIpc) is 3.30. The molecule has 0 saturated carbocycles. The van der Waals surface area contributed by atoms with Crippen molar-refractivity contribution in [1.82, 2.24) is 29.9 Å². The second-order valence-corrected chi connectivity index (χ2v) is 6.40. The van der Waals surface area contributed by atoms with Crippen LogP contribution in [0.1, 0.15) is 17.3 Å². The summed E-state index contributed by atoms with van der Waals surface area (Å²) in [7, 11) is 0. The van der Waals surface area contributed by atoms with Gasteiger partial charge in [-0.05, 0) is 25.1 Å². The van der Waals surface area contributed by atoms with E-state index in [0.29, 0.717) is 23.6 Å². The Morgan fingerprint density at radius 2 is 2.10 bits per heavy atom. The van der Waals surface area contributed by atoms with Crippen LogP contribution >= 0.6 is 0 Å². The molecule has 0 spiro atoms. The number of amides is 1. The van der Waals surface area contributed by atoms with Crippen molar-refractivity contribution in [2.45, 2.75) is 13.5 Å². The fraction of sp³-hybridized carbons (Fsp3) is 0.200. The van der Waals surface area contributed by atoms with Crippen LogP contribution in [0.3, 0.4) is 0 Å². The van der Waals surface area contributed by atoms with Crippen LogP contribution in [0.2, 0.25) is 0 Å². The zero-order chi connectivity index (χ0) is 21.8. The second-order valence-electron chi connectivity index (χ2n) is 6.40. The molecule has 1 aromatic carbocycles. The fourth-order valence-electron chi connectivity index (χ4n) is 2.96. The van der Waals surface area contributed by atoms with Gasteiger partial charge in [0.05, 0.1) is 13.2 Å². The predicted octanol–water partition coefficient (Wildman–Crippen LogP) is 0.759. The molecule has 0 aliphatic heterocycles. The van der Waals surface area contributed by atoms with Gasteiger partial charge in [-0.2, -0.15) is 5.10 Å². The number of fused-ring (bicyclic) bond motifs is 1. The lowest BCUT2D eigenvalue weighted by Gasteiger charge is -2.09. The number of aromatic nitrogens is 5. The molecular weight excluding hydrogens is 404 g/mol. The maximum Gasteiger partial charge on any atom is 0.349 e. The van der Waals surface area contributed by atoms with Gasteiger partial charge in [-0.25, -0.2) is 19.1 Å². The van der Waals surface area contributed by atoms with Crippen molar-refractivity contribution in [3.05, 3.63) is 75.4 Å². The van der Waals surface area contributed by atoms with Crippen molar-refractivity contribution in [3.8, 4) is 11.6 Å². The summed E-state index contributed by atoms with van der Waals surface area (Å²) in [6, 6.07) is 9.47. The van der Waals surface area contributed by atoms with Gasteiger partial charge in [0.25, 0.3) is 11.5 Å². The average molecular weight is 422 g/mol. The van der Waals surface area contributed by atoms with Gasteiger partial charge in [-0.3, -0.25) is 9.59 Å². The van der Waals surface area contributed by atoms with Gasteiger partial charge < -0.3 is 14.5 Å². The molecule has 1 amide bonds. The molecule has 0 fully saturated rings. The third kappa shape index (κ3) is 4.20. The van der Waals surface area contributed by atoms with Gasteiger partial charge in [0.15, 0.2) is 17.2 Å². The van der Waals surface area contributed by atoms with Crippen molar-refractivity contribution in [1.29, 1.82) is 0 Å². The number of hydrogen-bond acceptors (Lipinski definition) is 8. The fourth-order valence-corrected chi connectivity index (χ4v) is 2.96. The normalized spacial score (nSPS) is 10.9. The van der Waals surface area contributed by atoms with Crippen LogP contribution in [-0.2, 0) is 6.54 Å². The Labute approximate surface area is 174 Å². The highest BCUT2D eigenvalue weighted by molar-refractivity contribution is 5.97. The van der Waals surface area contributed by atoms with E-state index in [1.165, 1.54) is 40.2 Å². The molecule has 0 saturated heterocycles. The Morgan fingerprint density at radius 3 is 2.87 bits per heavy atom. The summed E-state index contributed by atoms with van der Waals surface area (Å²) >= 11 is 0. The molecule has 0 atom stereocenters. The predicted molar refractivity (Wildman–Crippen MR) is 109 cm³/mol. The van der Waals surface area contributed by atoms with Crippen molar-refractivity contribution in [2.24, 2.45) is 0 Å². The molecule has 3 aromatic heterocycles. The smallest absolute Gasteiger partial charge is 0.349 e. The van der Waals surface area contributed by atoms with Gasteiger partial charge >= 0.3 is 5.63 Å². The highest BCUT2D eigenvalue weighted by Gasteiger charge is 2.15. The van der Waals surface area contributed by atoms with Crippen LogP contribution in [0.5, 0.6) is 5.75 Å². The van der Waals surface area contributed by atoms with Crippen molar-refractivity contribution in [3.63, 3.8) is 0 Å². The molecular formula is C20H18N6O5. The molecule has 4 aromatic rings. The molecule has 1 N–H and O–H groups in total. The van der Waals surface area contributed by atoms with Crippen LogP contribution in [0, 0.1) is 0 Å². The summed E-state index contributed by atoms with van der Waals surface area (Å²) in [5, 5.41) is 11.3. The minimum atomic E-state index is -0.777. The van der Waals surface area contributed by atoms with Crippen LogP contribution in [-0.4, -0.2) is 43.6 Å². The first kappa shape index (κ1) is 20.0. The number of carbonyl (C=O) groups excluding carboxylic acids is 1. The molecule has 4 rings (SSSR count). The van der Waals surface area contributed by atoms with E-state index in [4.69, 9.17) is 9.15 Å². The lowest BCUT2D eigenvalue weighted by molar-refractivity contribution is 0.0948. The Hall–Kier alpha value is -4.28. The molecule has 11 heteroatoms. The number of rotatable bonds is 7. The quantitative estimate of drug-likeness (QED) is 0.432. The van der Waals surface area contributed by atoms with E-state index in [-0.39, 0.29) is 29.8 Å². The summed E-state index contributed by atoms with van der Waals surface area (Å²) in [6.07, 6.45) is 2.80. The Morgan fingerprint density at radius 1 is 1.23 bits per heavy atom. The molecule has 0 radical (unpaired) electrons. The number of hydrogen-bond donors (Lipinski definition) is 1.